The third-order valence-corrected chi connectivity index (χ3v) is 2.96. The van der Waals surface area contributed by atoms with Crippen molar-refractivity contribution in [3.8, 4) is 6.07 Å². The van der Waals surface area contributed by atoms with Crippen LogP contribution in [-0.2, 0) is 0 Å². The third kappa shape index (κ3) is 2.69. The molecule has 78 valence electrons. The number of hydrogen-bond donors (Lipinski definition) is 1. The van der Waals surface area contributed by atoms with Crippen LogP contribution in [0.4, 0.5) is 5.69 Å². The summed E-state index contributed by atoms with van der Waals surface area (Å²) < 4.78 is 0. The lowest BCUT2D eigenvalue weighted by atomic mass is 9.87. The predicted octanol–water partition coefficient (Wildman–Crippen LogP) is 2.58. The van der Waals surface area contributed by atoms with Crippen molar-refractivity contribution in [2.24, 2.45) is 5.92 Å². The minimum Gasteiger partial charge on any atom is -0.382 e. The molecule has 1 aliphatic carbocycles. The molecule has 1 fully saturated rings. The van der Waals surface area contributed by atoms with E-state index in [4.69, 9.17) is 5.26 Å². The molecule has 0 amide bonds. The van der Waals surface area contributed by atoms with Gasteiger partial charge in [0.15, 0.2) is 0 Å². The first-order valence-electron chi connectivity index (χ1n) is 5.44. The quantitative estimate of drug-likeness (QED) is 0.800. The Morgan fingerprint density at radius 3 is 2.47 bits per heavy atom. The van der Waals surface area contributed by atoms with Gasteiger partial charge in [-0.05, 0) is 37.8 Å². The molecule has 1 aliphatic rings. The summed E-state index contributed by atoms with van der Waals surface area (Å²) in [7, 11) is 0. The maximum atomic E-state index is 8.79. The van der Waals surface area contributed by atoms with Crippen LogP contribution in [0.1, 0.15) is 25.7 Å². The van der Waals surface area contributed by atoms with Crippen molar-refractivity contribution in [1.82, 2.24) is 4.98 Å². The zero-order valence-corrected chi connectivity index (χ0v) is 8.69. The van der Waals surface area contributed by atoms with E-state index >= 15 is 0 Å². The van der Waals surface area contributed by atoms with Gasteiger partial charge in [0.25, 0.3) is 0 Å². The second-order valence-electron chi connectivity index (χ2n) is 4.06. The summed E-state index contributed by atoms with van der Waals surface area (Å²) in [5.74, 6) is 0.278. The molecule has 0 aromatic carbocycles. The van der Waals surface area contributed by atoms with E-state index in [1.807, 2.05) is 12.1 Å². The molecule has 2 rings (SSSR count). The van der Waals surface area contributed by atoms with E-state index < -0.39 is 0 Å². The van der Waals surface area contributed by atoms with Gasteiger partial charge in [-0.1, -0.05) is 0 Å². The number of hydrogen-bond acceptors (Lipinski definition) is 3. The van der Waals surface area contributed by atoms with E-state index in [0.717, 1.165) is 31.4 Å². The summed E-state index contributed by atoms with van der Waals surface area (Å²) in [4.78, 5) is 3.98. The summed E-state index contributed by atoms with van der Waals surface area (Å²) in [6.07, 6.45) is 7.84. The van der Waals surface area contributed by atoms with Gasteiger partial charge in [0.2, 0.25) is 0 Å². The largest absolute Gasteiger partial charge is 0.382 e. The SMILES string of the molecule is N#CC1CCC(Nc2ccncc2)CC1. The standard InChI is InChI=1S/C12H15N3/c13-9-10-1-3-11(4-2-10)15-12-5-7-14-8-6-12/h5-8,10-11H,1-4H2,(H,14,15). The van der Waals surface area contributed by atoms with Crippen LogP contribution in [0, 0.1) is 17.2 Å². The molecule has 0 radical (unpaired) electrons. The maximum Gasteiger partial charge on any atom is 0.0655 e. The van der Waals surface area contributed by atoms with Gasteiger partial charge in [-0.25, -0.2) is 0 Å². The van der Waals surface area contributed by atoms with Crippen LogP contribution in [0.25, 0.3) is 0 Å². The van der Waals surface area contributed by atoms with Crippen LogP contribution in [0.2, 0.25) is 0 Å². The van der Waals surface area contributed by atoms with Crippen molar-refractivity contribution in [3.05, 3.63) is 24.5 Å². The Morgan fingerprint density at radius 2 is 1.87 bits per heavy atom. The fraction of sp³-hybridized carbons (Fsp3) is 0.500. The lowest BCUT2D eigenvalue weighted by Crippen LogP contribution is -2.25. The summed E-state index contributed by atoms with van der Waals surface area (Å²) >= 11 is 0. The lowest BCUT2D eigenvalue weighted by Gasteiger charge is -2.26. The number of rotatable bonds is 2. The first-order chi connectivity index (χ1) is 7.38. The van der Waals surface area contributed by atoms with Gasteiger partial charge >= 0.3 is 0 Å². The minimum atomic E-state index is 0.278. The van der Waals surface area contributed by atoms with Crippen LogP contribution in [0.15, 0.2) is 24.5 Å². The molecule has 1 aromatic rings. The first kappa shape index (κ1) is 9.97. The van der Waals surface area contributed by atoms with Crippen molar-refractivity contribution in [2.45, 2.75) is 31.7 Å². The number of aromatic nitrogens is 1. The maximum absolute atomic E-state index is 8.79. The molecule has 0 bridgehead atoms. The zero-order valence-electron chi connectivity index (χ0n) is 8.69. The molecule has 0 saturated heterocycles. The van der Waals surface area contributed by atoms with Crippen molar-refractivity contribution in [1.29, 1.82) is 5.26 Å². The molecule has 1 N–H and O–H groups in total. The molecule has 1 aromatic heterocycles. The highest BCUT2D eigenvalue weighted by molar-refractivity contribution is 5.41. The topological polar surface area (TPSA) is 48.7 Å². The van der Waals surface area contributed by atoms with Crippen LogP contribution in [-0.4, -0.2) is 11.0 Å². The first-order valence-corrected chi connectivity index (χ1v) is 5.44. The summed E-state index contributed by atoms with van der Waals surface area (Å²) in [6.45, 7) is 0. The van der Waals surface area contributed by atoms with Crippen LogP contribution < -0.4 is 5.32 Å². The van der Waals surface area contributed by atoms with E-state index in [1.54, 1.807) is 12.4 Å². The van der Waals surface area contributed by atoms with Gasteiger partial charge in [0, 0.05) is 30.0 Å². The molecule has 0 unspecified atom stereocenters. The van der Waals surface area contributed by atoms with Gasteiger partial charge in [0.05, 0.1) is 6.07 Å². The fourth-order valence-corrected chi connectivity index (χ4v) is 2.05. The molecule has 1 saturated carbocycles. The van der Waals surface area contributed by atoms with Crippen LogP contribution >= 0.6 is 0 Å². The fourth-order valence-electron chi connectivity index (χ4n) is 2.05. The van der Waals surface area contributed by atoms with E-state index in [2.05, 4.69) is 16.4 Å². The molecule has 0 aliphatic heterocycles. The van der Waals surface area contributed by atoms with Crippen LogP contribution in [0.5, 0.6) is 0 Å². The van der Waals surface area contributed by atoms with Crippen molar-refractivity contribution >= 4 is 5.69 Å². The Hall–Kier alpha value is -1.56. The predicted molar refractivity (Wildman–Crippen MR) is 59.2 cm³/mol. The highest BCUT2D eigenvalue weighted by atomic mass is 14.9. The number of anilines is 1. The molecular weight excluding hydrogens is 186 g/mol. The van der Waals surface area contributed by atoms with Crippen LogP contribution in [0.3, 0.4) is 0 Å². The van der Waals surface area contributed by atoms with E-state index in [1.165, 1.54) is 0 Å². The zero-order chi connectivity index (χ0) is 10.5. The Kier molecular flexibility index (Phi) is 3.18. The Bertz CT molecular complexity index is 334. The van der Waals surface area contributed by atoms with E-state index in [-0.39, 0.29) is 5.92 Å². The lowest BCUT2D eigenvalue weighted by molar-refractivity contribution is 0.397. The van der Waals surface area contributed by atoms with Gasteiger partial charge < -0.3 is 5.32 Å². The van der Waals surface area contributed by atoms with Gasteiger partial charge in [0.1, 0.15) is 0 Å². The van der Waals surface area contributed by atoms with E-state index in [0.29, 0.717) is 6.04 Å². The number of nitrogens with one attached hydrogen (secondary N) is 1. The third-order valence-electron chi connectivity index (χ3n) is 2.96. The molecular formula is C12H15N3. The molecule has 0 spiro atoms. The Balaban J connectivity index is 1.85. The van der Waals surface area contributed by atoms with Crippen molar-refractivity contribution < 1.29 is 0 Å². The smallest absolute Gasteiger partial charge is 0.0655 e. The Morgan fingerprint density at radius 1 is 1.20 bits per heavy atom. The highest BCUT2D eigenvalue weighted by Crippen LogP contribution is 2.25. The summed E-state index contributed by atoms with van der Waals surface area (Å²) in [5, 5.41) is 12.3. The van der Waals surface area contributed by atoms with Gasteiger partial charge in [-0.15, -0.1) is 0 Å². The summed E-state index contributed by atoms with van der Waals surface area (Å²) in [5.41, 5.74) is 1.13. The molecule has 3 heteroatoms. The second kappa shape index (κ2) is 4.79. The van der Waals surface area contributed by atoms with Crippen molar-refractivity contribution in [3.63, 3.8) is 0 Å². The highest BCUT2D eigenvalue weighted by Gasteiger charge is 2.20. The second-order valence-corrected chi connectivity index (χ2v) is 4.06. The average molecular weight is 201 g/mol. The van der Waals surface area contributed by atoms with E-state index in [9.17, 15) is 0 Å². The average Bonchev–Trinajstić information content (AvgIpc) is 2.31. The Labute approximate surface area is 90.1 Å². The van der Waals surface area contributed by atoms with Gasteiger partial charge in [-0.2, -0.15) is 5.26 Å². The van der Waals surface area contributed by atoms with Gasteiger partial charge in [-0.3, -0.25) is 4.98 Å². The molecule has 3 nitrogen and oxygen atoms in total. The van der Waals surface area contributed by atoms with Crippen molar-refractivity contribution in [2.75, 3.05) is 5.32 Å². The molecule has 15 heavy (non-hydrogen) atoms. The minimum absolute atomic E-state index is 0.278. The number of nitriles is 1. The number of nitrogens with zero attached hydrogens (tertiary/aromatic N) is 2. The summed E-state index contributed by atoms with van der Waals surface area (Å²) in [6, 6.07) is 6.84. The molecule has 1 heterocycles. The molecule has 0 atom stereocenters. The normalized spacial score (nSPS) is 25.5. The number of pyridine rings is 1. The monoisotopic (exact) mass is 201 g/mol.